The maximum Gasteiger partial charge on any atom is 0.227 e. The van der Waals surface area contributed by atoms with Crippen LogP contribution in [0.15, 0.2) is 12.3 Å². The zero-order chi connectivity index (χ0) is 12.3. The molecule has 1 aliphatic rings. The minimum atomic E-state index is -0.305. The van der Waals surface area contributed by atoms with Crippen molar-refractivity contribution in [2.24, 2.45) is 12.8 Å². The summed E-state index contributed by atoms with van der Waals surface area (Å²) in [4.78, 5) is 11.9. The van der Waals surface area contributed by atoms with Crippen LogP contribution in [0, 0.1) is 0 Å². The minimum absolute atomic E-state index is 0.0157. The number of hydrogen-bond acceptors (Lipinski definition) is 3. The lowest BCUT2D eigenvalue weighted by Crippen LogP contribution is -2.44. The van der Waals surface area contributed by atoms with Gasteiger partial charge in [-0.3, -0.25) is 9.48 Å². The topological polar surface area (TPSA) is 72.9 Å². The number of aromatic nitrogens is 2. The molecular formula is C12H20N4O. The highest BCUT2D eigenvalue weighted by Gasteiger charge is 2.30. The van der Waals surface area contributed by atoms with E-state index in [0.717, 1.165) is 31.5 Å². The van der Waals surface area contributed by atoms with Crippen LogP contribution in [0.5, 0.6) is 0 Å². The van der Waals surface area contributed by atoms with Crippen LogP contribution in [0.4, 0.5) is 5.82 Å². The fourth-order valence-electron chi connectivity index (χ4n) is 2.44. The molecule has 1 aliphatic carbocycles. The van der Waals surface area contributed by atoms with Crippen molar-refractivity contribution in [2.45, 2.75) is 44.1 Å². The zero-order valence-electron chi connectivity index (χ0n) is 10.3. The number of carbonyl (C=O) groups is 1. The maximum atomic E-state index is 11.9. The van der Waals surface area contributed by atoms with Crippen LogP contribution in [0.3, 0.4) is 0 Å². The van der Waals surface area contributed by atoms with Crippen LogP contribution < -0.4 is 11.1 Å². The van der Waals surface area contributed by atoms with Gasteiger partial charge >= 0.3 is 0 Å². The van der Waals surface area contributed by atoms with Crippen LogP contribution in [0.1, 0.15) is 38.5 Å². The Kier molecular flexibility index (Phi) is 3.47. The number of nitrogens with zero attached hydrogens (tertiary/aromatic N) is 2. The Hall–Kier alpha value is -1.36. The first-order valence-electron chi connectivity index (χ1n) is 6.16. The SMILES string of the molecule is Cn1nccc1NC(=O)CC1(N)CCCCC1. The molecule has 1 heterocycles. The number of aryl methyl sites for hydroxylation is 1. The second-order valence-electron chi connectivity index (χ2n) is 4.99. The summed E-state index contributed by atoms with van der Waals surface area (Å²) >= 11 is 0. The first-order chi connectivity index (χ1) is 8.09. The van der Waals surface area contributed by atoms with E-state index in [1.54, 1.807) is 24.0 Å². The van der Waals surface area contributed by atoms with Gasteiger partial charge in [-0.25, -0.2) is 0 Å². The van der Waals surface area contributed by atoms with Crippen molar-refractivity contribution < 1.29 is 4.79 Å². The second-order valence-corrected chi connectivity index (χ2v) is 4.99. The molecule has 1 fully saturated rings. The van der Waals surface area contributed by atoms with Gasteiger partial charge < -0.3 is 11.1 Å². The van der Waals surface area contributed by atoms with Gasteiger partial charge in [-0.1, -0.05) is 19.3 Å². The Morgan fingerprint density at radius 2 is 2.24 bits per heavy atom. The predicted molar refractivity (Wildman–Crippen MR) is 66.5 cm³/mol. The number of nitrogens with one attached hydrogen (secondary N) is 1. The van der Waals surface area contributed by atoms with Crippen molar-refractivity contribution in [3.63, 3.8) is 0 Å². The molecule has 1 saturated carbocycles. The van der Waals surface area contributed by atoms with Gasteiger partial charge in [0.15, 0.2) is 0 Å². The molecule has 0 unspecified atom stereocenters. The first-order valence-corrected chi connectivity index (χ1v) is 6.16. The van der Waals surface area contributed by atoms with Crippen molar-refractivity contribution >= 4 is 11.7 Å². The summed E-state index contributed by atoms with van der Waals surface area (Å²) in [6, 6.07) is 1.78. The number of anilines is 1. The Balaban J connectivity index is 1.91. The molecule has 0 radical (unpaired) electrons. The maximum absolute atomic E-state index is 11.9. The highest BCUT2D eigenvalue weighted by molar-refractivity contribution is 5.90. The van der Waals surface area contributed by atoms with Crippen molar-refractivity contribution in [3.8, 4) is 0 Å². The zero-order valence-corrected chi connectivity index (χ0v) is 10.3. The summed E-state index contributed by atoms with van der Waals surface area (Å²) in [5.41, 5.74) is 5.94. The quantitative estimate of drug-likeness (QED) is 0.833. The van der Waals surface area contributed by atoms with E-state index in [9.17, 15) is 4.79 Å². The third kappa shape index (κ3) is 3.06. The molecule has 1 amide bonds. The van der Waals surface area contributed by atoms with Gasteiger partial charge in [0.2, 0.25) is 5.91 Å². The molecule has 0 bridgehead atoms. The van der Waals surface area contributed by atoms with E-state index in [1.807, 2.05) is 0 Å². The highest BCUT2D eigenvalue weighted by Crippen LogP contribution is 2.28. The van der Waals surface area contributed by atoms with Gasteiger partial charge in [0.05, 0.1) is 6.20 Å². The van der Waals surface area contributed by atoms with Crippen LogP contribution in [0.25, 0.3) is 0 Å². The normalized spacial score (nSPS) is 18.9. The van der Waals surface area contributed by atoms with Gasteiger partial charge in [-0.15, -0.1) is 0 Å². The third-order valence-corrected chi connectivity index (χ3v) is 3.45. The molecule has 0 spiro atoms. The number of carbonyl (C=O) groups excluding carboxylic acids is 1. The van der Waals surface area contributed by atoms with Gasteiger partial charge in [0, 0.05) is 25.1 Å². The lowest BCUT2D eigenvalue weighted by molar-refractivity contribution is -0.117. The molecule has 0 saturated heterocycles. The van der Waals surface area contributed by atoms with Crippen LogP contribution >= 0.6 is 0 Å². The fourth-order valence-corrected chi connectivity index (χ4v) is 2.44. The molecule has 0 aliphatic heterocycles. The van der Waals surface area contributed by atoms with E-state index in [1.165, 1.54) is 6.42 Å². The molecule has 3 N–H and O–H groups in total. The van der Waals surface area contributed by atoms with Gasteiger partial charge in [0.25, 0.3) is 0 Å². The molecule has 5 nitrogen and oxygen atoms in total. The average Bonchev–Trinajstić information content (AvgIpc) is 2.64. The van der Waals surface area contributed by atoms with Crippen molar-refractivity contribution in [2.75, 3.05) is 5.32 Å². The van der Waals surface area contributed by atoms with E-state index >= 15 is 0 Å². The van der Waals surface area contributed by atoms with Gasteiger partial charge in [0.1, 0.15) is 5.82 Å². The lowest BCUT2D eigenvalue weighted by atomic mass is 9.80. The minimum Gasteiger partial charge on any atom is -0.325 e. The van der Waals surface area contributed by atoms with E-state index < -0.39 is 0 Å². The Bertz CT molecular complexity index is 393. The van der Waals surface area contributed by atoms with Crippen LogP contribution in [-0.4, -0.2) is 21.2 Å². The molecule has 1 aromatic rings. The molecular weight excluding hydrogens is 216 g/mol. The van der Waals surface area contributed by atoms with E-state index in [-0.39, 0.29) is 11.4 Å². The van der Waals surface area contributed by atoms with Crippen LogP contribution in [-0.2, 0) is 11.8 Å². The van der Waals surface area contributed by atoms with Crippen molar-refractivity contribution in [1.29, 1.82) is 0 Å². The van der Waals surface area contributed by atoms with Crippen molar-refractivity contribution in [3.05, 3.63) is 12.3 Å². The lowest BCUT2D eigenvalue weighted by Gasteiger charge is -2.32. The van der Waals surface area contributed by atoms with Crippen molar-refractivity contribution in [1.82, 2.24) is 9.78 Å². The van der Waals surface area contributed by atoms with E-state index in [4.69, 9.17) is 5.73 Å². The number of hydrogen-bond donors (Lipinski definition) is 2. The summed E-state index contributed by atoms with van der Waals surface area (Å²) in [5.74, 6) is 0.701. The first kappa shape index (κ1) is 12.1. The molecule has 5 heteroatoms. The summed E-state index contributed by atoms with van der Waals surface area (Å²) in [7, 11) is 1.80. The van der Waals surface area contributed by atoms with Gasteiger partial charge in [-0.2, -0.15) is 5.10 Å². The number of rotatable bonds is 3. The molecule has 17 heavy (non-hydrogen) atoms. The summed E-state index contributed by atoms with van der Waals surface area (Å²) in [6.45, 7) is 0. The monoisotopic (exact) mass is 236 g/mol. The fraction of sp³-hybridized carbons (Fsp3) is 0.667. The van der Waals surface area contributed by atoms with E-state index in [0.29, 0.717) is 6.42 Å². The molecule has 0 aromatic carbocycles. The molecule has 0 atom stereocenters. The molecule has 1 aromatic heterocycles. The van der Waals surface area contributed by atoms with Crippen LogP contribution in [0.2, 0.25) is 0 Å². The number of nitrogens with two attached hydrogens (primary N) is 1. The smallest absolute Gasteiger partial charge is 0.227 e. The number of amides is 1. The third-order valence-electron chi connectivity index (χ3n) is 3.45. The Morgan fingerprint density at radius 1 is 1.53 bits per heavy atom. The van der Waals surface area contributed by atoms with Gasteiger partial charge in [-0.05, 0) is 12.8 Å². The predicted octanol–water partition coefficient (Wildman–Crippen LogP) is 1.41. The standard InChI is InChI=1S/C12H20N4O/c1-16-10(5-8-14-16)15-11(17)9-12(13)6-3-2-4-7-12/h5,8H,2-4,6-7,9,13H2,1H3,(H,15,17). The highest BCUT2D eigenvalue weighted by atomic mass is 16.1. The summed E-state index contributed by atoms with van der Waals surface area (Å²) in [6.07, 6.45) is 7.47. The van der Waals surface area contributed by atoms with E-state index in [2.05, 4.69) is 10.4 Å². The Morgan fingerprint density at radius 3 is 2.82 bits per heavy atom. The summed E-state index contributed by atoms with van der Waals surface area (Å²) in [5, 5.41) is 6.85. The summed E-state index contributed by atoms with van der Waals surface area (Å²) < 4.78 is 1.64. The average molecular weight is 236 g/mol. The largest absolute Gasteiger partial charge is 0.325 e. The molecule has 2 rings (SSSR count). The second kappa shape index (κ2) is 4.87. The Labute approximate surface area is 101 Å². The molecule has 94 valence electrons.